The SMILES string of the molecule is CO[C@H]1O[C@@H]2CO[C@@H]([C@H]3O[C@H]3c3ccccc3)O[C@H]2[C@H](O)[C@H]1O. The van der Waals surface area contributed by atoms with Gasteiger partial charge in [-0.2, -0.15) is 0 Å². The lowest BCUT2D eigenvalue weighted by atomic mass is 9.98. The highest BCUT2D eigenvalue weighted by atomic mass is 16.8. The summed E-state index contributed by atoms with van der Waals surface area (Å²) in [7, 11) is 1.41. The summed E-state index contributed by atoms with van der Waals surface area (Å²) in [6.07, 6.45) is -5.18. The Morgan fingerprint density at radius 3 is 2.52 bits per heavy atom. The predicted octanol–water partition coefficient (Wildman–Crippen LogP) is -0.0389. The molecule has 0 amide bonds. The van der Waals surface area contributed by atoms with Crippen molar-refractivity contribution >= 4 is 0 Å². The minimum Gasteiger partial charge on any atom is -0.387 e. The molecule has 7 heteroatoms. The summed E-state index contributed by atoms with van der Waals surface area (Å²) in [5.41, 5.74) is 1.06. The van der Waals surface area contributed by atoms with Crippen LogP contribution in [0.4, 0.5) is 0 Å². The zero-order valence-corrected chi connectivity index (χ0v) is 12.6. The van der Waals surface area contributed by atoms with E-state index in [-0.39, 0.29) is 18.8 Å². The van der Waals surface area contributed by atoms with Crippen molar-refractivity contribution in [2.75, 3.05) is 13.7 Å². The van der Waals surface area contributed by atoms with E-state index in [2.05, 4.69) is 0 Å². The molecule has 0 radical (unpaired) electrons. The Morgan fingerprint density at radius 1 is 1.00 bits per heavy atom. The van der Waals surface area contributed by atoms with Crippen molar-refractivity contribution in [2.24, 2.45) is 0 Å². The average Bonchev–Trinajstić information content (AvgIpc) is 3.39. The van der Waals surface area contributed by atoms with Crippen molar-refractivity contribution in [3.8, 4) is 0 Å². The minimum absolute atomic E-state index is 0.0731. The van der Waals surface area contributed by atoms with E-state index in [0.717, 1.165) is 5.56 Å². The smallest absolute Gasteiger partial charge is 0.187 e. The van der Waals surface area contributed by atoms with Crippen molar-refractivity contribution in [3.05, 3.63) is 35.9 Å². The van der Waals surface area contributed by atoms with E-state index in [9.17, 15) is 10.2 Å². The van der Waals surface area contributed by atoms with Gasteiger partial charge in [-0.15, -0.1) is 0 Å². The van der Waals surface area contributed by atoms with Crippen LogP contribution in [0.1, 0.15) is 11.7 Å². The highest BCUT2D eigenvalue weighted by molar-refractivity contribution is 5.22. The zero-order valence-electron chi connectivity index (χ0n) is 12.6. The summed E-state index contributed by atoms with van der Waals surface area (Å²) in [4.78, 5) is 0. The maximum atomic E-state index is 10.2. The largest absolute Gasteiger partial charge is 0.387 e. The Hall–Kier alpha value is -1.06. The number of fused-ring (bicyclic) bond motifs is 1. The van der Waals surface area contributed by atoms with Crippen LogP contribution in [0, 0.1) is 0 Å². The Balaban J connectivity index is 1.41. The van der Waals surface area contributed by atoms with Gasteiger partial charge >= 0.3 is 0 Å². The monoisotopic (exact) mass is 324 g/mol. The first-order valence-corrected chi connectivity index (χ1v) is 7.71. The van der Waals surface area contributed by atoms with Gasteiger partial charge in [-0.3, -0.25) is 0 Å². The Morgan fingerprint density at radius 2 is 1.78 bits per heavy atom. The number of aliphatic hydroxyl groups is 2. The van der Waals surface area contributed by atoms with Gasteiger partial charge in [-0.25, -0.2) is 0 Å². The molecule has 0 spiro atoms. The summed E-state index contributed by atoms with van der Waals surface area (Å²) in [6.45, 7) is 0.250. The minimum atomic E-state index is -1.16. The summed E-state index contributed by atoms with van der Waals surface area (Å²) < 4.78 is 27.7. The summed E-state index contributed by atoms with van der Waals surface area (Å²) in [6, 6.07) is 9.82. The second-order valence-corrected chi connectivity index (χ2v) is 5.99. The first kappa shape index (κ1) is 15.5. The van der Waals surface area contributed by atoms with Gasteiger partial charge in [-0.1, -0.05) is 30.3 Å². The molecule has 8 atom stereocenters. The molecule has 0 bridgehead atoms. The molecule has 0 aliphatic carbocycles. The number of rotatable bonds is 3. The van der Waals surface area contributed by atoms with E-state index in [1.165, 1.54) is 7.11 Å². The second-order valence-electron chi connectivity index (χ2n) is 5.99. The van der Waals surface area contributed by atoms with Crippen molar-refractivity contribution in [1.82, 2.24) is 0 Å². The molecule has 1 aromatic carbocycles. The highest BCUT2D eigenvalue weighted by Crippen LogP contribution is 2.44. The Labute approximate surface area is 133 Å². The molecule has 4 rings (SSSR count). The lowest BCUT2D eigenvalue weighted by Gasteiger charge is -2.45. The molecule has 0 saturated carbocycles. The standard InChI is InChI=1S/C16H20O7/c1-19-15-11(18)10(17)13-9(21-15)7-20-16(23-13)14-12(22-14)8-5-3-2-4-6-8/h2-6,9-18H,7H2,1H3/t9-,10-,11-,12+,13-,14+,15+,16-/m1/s1. The normalized spacial score (nSPS) is 46.2. The van der Waals surface area contributed by atoms with E-state index in [1.807, 2.05) is 30.3 Å². The maximum absolute atomic E-state index is 10.2. The fraction of sp³-hybridized carbons (Fsp3) is 0.625. The molecule has 7 nitrogen and oxygen atoms in total. The first-order chi connectivity index (χ1) is 11.2. The number of aliphatic hydroxyl groups excluding tert-OH is 2. The number of ether oxygens (including phenoxy) is 5. The third kappa shape index (κ3) is 2.78. The molecular formula is C16H20O7. The molecule has 3 aliphatic heterocycles. The van der Waals surface area contributed by atoms with Crippen LogP contribution < -0.4 is 0 Å². The molecule has 3 aliphatic rings. The number of hydrogen-bond acceptors (Lipinski definition) is 7. The van der Waals surface area contributed by atoms with Crippen LogP contribution in [0.2, 0.25) is 0 Å². The molecular weight excluding hydrogens is 304 g/mol. The maximum Gasteiger partial charge on any atom is 0.187 e. The fourth-order valence-electron chi connectivity index (χ4n) is 3.20. The average molecular weight is 324 g/mol. The fourth-order valence-corrected chi connectivity index (χ4v) is 3.20. The second kappa shape index (κ2) is 6.10. The van der Waals surface area contributed by atoms with Gasteiger partial charge in [-0.05, 0) is 5.56 Å². The number of epoxide rings is 1. The van der Waals surface area contributed by atoms with Crippen LogP contribution in [0.3, 0.4) is 0 Å². The van der Waals surface area contributed by atoms with E-state index in [0.29, 0.717) is 0 Å². The zero-order chi connectivity index (χ0) is 16.0. The predicted molar refractivity (Wildman–Crippen MR) is 76.4 cm³/mol. The molecule has 0 aromatic heterocycles. The first-order valence-electron chi connectivity index (χ1n) is 7.71. The topological polar surface area (TPSA) is 89.9 Å². The lowest BCUT2D eigenvalue weighted by molar-refractivity contribution is -0.357. The van der Waals surface area contributed by atoms with Crippen LogP contribution in [0.25, 0.3) is 0 Å². The van der Waals surface area contributed by atoms with Crippen LogP contribution in [0.15, 0.2) is 30.3 Å². The van der Waals surface area contributed by atoms with Gasteiger partial charge < -0.3 is 33.9 Å². The molecule has 126 valence electrons. The lowest BCUT2D eigenvalue weighted by Crippen LogP contribution is -2.63. The number of benzene rings is 1. The van der Waals surface area contributed by atoms with Crippen molar-refractivity contribution in [1.29, 1.82) is 0 Å². The molecule has 2 N–H and O–H groups in total. The summed E-state index contributed by atoms with van der Waals surface area (Å²) in [5.74, 6) is 0. The van der Waals surface area contributed by atoms with Gasteiger partial charge in [0.25, 0.3) is 0 Å². The molecule has 3 saturated heterocycles. The van der Waals surface area contributed by atoms with Crippen LogP contribution >= 0.6 is 0 Å². The van der Waals surface area contributed by atoms with E-state index >= 15 is 0 Å². The van der Waals surface area contributed by atoms with Crippen LogP contribution in [-0.4, -0.2) is 67.0 Å². The molecule has 0 unspecified atom stereocenters. The van der Waals surface area contributed by atoms with Gasteiger partial charge in [0, 0.05) is 7.11 Å². The van der Waals surface area contributed by atoms with E-state index in [1.54, 1.807) is 0 Å². The van der Waals surface area contributed by atoms with E-state index < -0.39 is 37.0 Å². The third-order valence-electron chi connectivity index (χ3n) is 4.51. The van der Waals surface area contributed by atoms with Gasteiger partial charge in [0.15, 0.2) is 12.6 Å². The molecule has 23 heavy (non-hydrogen) atoms. The molecule has 1 aromatic rings. The van der Waals surface area contributed by atoms with Crippen molar-refractivity contribution < 1.29 is 33.9 Å². The third-order valence-corrected chi connectivity index (χ3v) is 4.51. The summed E-state index contributed by atoms with van der Waals surface area (Å²) in [5, 5.41) is 20.2. The number of methoxy groups -OCH3 is 1. The van der Waals surface area contributed by atoms with Gasteiger partial charge in [0.2, 0.25) is 0 Å². The van der Waals surface area contributed by atoms with Gasteiger partial charge in [0.1, 0.15) is 36.6 Å². The number of hydrogen-bond donors (Lipinski definition) is 2. The van der Waals surface area contributed by atoms with Gasteiger partial charge in [0.05, 0.1) is 6.61 Å². The highest BCUT2D eigenvalue weighted by Gasteiger charge is 2.54. The molecule has 3 fully saturated rings. The Kier molecular flexibility index (Phi) is 4.10. The summed E-state index contributed by atoms with van der Waals surface area (Å²) >= 11 is 0. The van der Waals surface area contributed by atoms with Crippen molar-refractivity contribution in [3.63, 3.8) is 0 Å². The van der Waals surface area contributed by atoms with Crippen LogP contribution in [-0.2, 0) is 23.7 Å². The van der Waals surface area contributed by atoms with Crippen molar-refractivity contribution in [2.45, 2.75) is 49.2 Å². The van der Waals surface area contributed by atoms with Crippen LogP contribution in [0.5, 0.6) is 0 Å². The quantitative estimate of drug-likeness (QED) is 0.754. The molecule has 3 heterocycles. The Bertz CT molecular complexity index is 536. The van der Waals surface area contributed by atoms with E-state index in [4.69, 9.17) is 23.7 Å².